The molecule has 8 heteroatoms. The molecule has 0 aliphatic rings. The Balaban J connectivity index is 1.50. The molecular formula is C26H20N2O4S2. The predicted molar refractivity (Wildman–Crippen MR) is 135 cm³/mol. The lowest BCUT2D eigenvalue weighted by atomic mass is 10.1. The van der Waals surface area contributed by atoms with Crippen molar-refractivity contribution in [1.82, 2.24) is 4.57 Å². The fraction of sp³-hybridized carbons (Fsp3) is 0.0385. The highest BCUT2D eigenvalue weighted by molar-refractivity contribution is 7.92. The number of rotatable bonds is 7. The largest absolute Gasteiger partial charge is 0.477 e. The van der Waals surface area contributed by atoms with E-state index < -0.39 is 16.0 Å². The number of nitrogens with zero attached hydrogens (tertiary/aromatic N) is 1. The Morgan fingerprint density at radius 3 is 2.26 bits per heavy atom. The Morgan fingerprint density at radius 1 is 0.882 bits per heavy atom. The summed E-state index contributed by atoms with van der Waals surface area (Å²) >= 11 is 1.51. The summed E-state index contributed by atoms with van der Waals surface area (Å²) in [5.74, 6) is -0.994. The number of hydrogen-bond acceptors (Lipinski definition) is 4. The van der Waals surface area contributed by atoms with Crippen molar-refractivity contribution in [2.24, 2.45) is 0 Å². The van der Waals surface area contributed by atoms with Gasteiger partial charge in [-0.3, -0.25) is 4.72 Å². The third-order valence-electron chi connectivity index (χ3n) is 5.54. The zero-order chi connectivity index (χ0) is 23.7. The lowest BCUT2D eigenvalue weighted by Gasteiger charge is -2.11. The van der Waals surface area contributed by atoms with Gasteiger partial charge < -0.3 is 9.67 Å². The Hall–Kier alpha value is -3.88. The average molecular weight is 489 g/mol. The Labute approximate surface area is 200 Å². The summed E-state index contributed by atoms with van der Waals surface area (Å²) < 4.78 is 29.5. The molecule has 6 nitrogen and oxygen atoms in total. The van der Waals surface area contributed by atoms with Crippen LogP contribution in [0.1, 0.15) is 16.1 Å². The van der Waals surface area contributed by atoms with E-state index in [9.17, 15) is 18.3 Å². The third kappa shape index (κ3) is 4.09. The van der Waals surface area contributed by atoms with E-state index in [4.69, 9.17) is 0 Å². The van der Waals surface area contributed by atoms with E-state index in [2.05, 4.69) is 4.72 Å². The van der Waals surface area contributed by atoms with E-state index in [0.717, 1.165) is 21.3 Å². The van der Waals surface area contributed by atoms with Gasteiger partial charge in [0.15, 0.2) is 0 Å². The minimum Gasteiger partial charge on any atom is -0.477 e. The van der Waals surface area contributed by atoms with Crippen LogP contribution in [0.4, 0.5) is 5.69 Å². The number of carboxylic acids is 1. The molecule has 0 radical (unpaired) electrons. The van der Waals surface area contributed by atoms with Gasteiger partial charge in [-0.1, -0.05) is 54.6 Å². The van der Waals surface area contributed by atoms with Crippen molar-refractivity contribution >= 4 is 43.9 Å². The Bertz CT molecular complexity index is 1570. The molecule has 2 aromatic heterocycles. The first-order valence-corrected chi connectivity index (χ1v) is 12.9. The number of anilines is 1. The van der Waals surface area contributed by atoms with E-state index >= 15 is 0 Å². The highest BCUT2D eigenvalue weighted by atomic mass is 32.2. The van der Waals surface area contributed by atoms with Gasteiger partial charge in [-0.2, -0.15) is 0 Å². The van der Waals surface area contributed by atoms with Gasteiger partial charge >= 0.3 is 5.97 Å². The fourth-order valence-electron chi connectivity index (χ4n) is 4.03. The molecule has 3 aromatic carbocycles. The number of sulfonamides is 1. The van der Waals surface area contributed by atoms with Crippen molar-refractivity contribution in [3.8, 4) is 10.4 Å². The quantitative estimate of drug-likeness (QED) is 0.298. The van der Waals surface area contributed by atoms with E-state index in [-0.39, 0.29) is 10.6 Å². The summed E-state index contributed by atoms with van der Waals surface area (Å²) in [6, 6.07) is 26.6. The van der Waals surface area contributed by atoms with Gasteiger partial charge in [0.2, 0.25) is 0 Å². The maximum atomic E-state index is 12.6. The van der Waals surface area contributed by atoms with Gasteiger partial charge in [0, 0.05) is 33.6 Å². The van der Waals surface area contributed by atoms with Crippen LogP contribution in [0, 0.1) is 0 Å². The van der Waals surface area contributed by atoms with Crippen molar-refractivity contribution < 1.29 is 18.3 Å². The molecular weight excluding hydrogens is 468 g/mol. The van der Waals surface area contributed by atoms with Gasteiger partial charge in [0.25, 0.3) is 10.0 Å². The summed E-state index contributed by atoms with van der Waals surface area (Å²) in [4.78, 5) is 13.4. The molecule has 34 heavy (non-hydrogen) atoms. The van der Waals surface area contributed by atoms with E-state index in [1.54, 1.807) is 47.0 Å². The molecule has 2 N–H and O–H groups in total. The molecule has 0 spiro atoms. The predicted octanol–water partition coefficient (Wildman–Crippen LogP) is 5.92. The summed E-state index contributed by atoms with van der Waals surface area (Å²) in [5.41, 5.74) is 3.06. The number of carbonyl (C=O) groups is 1. The second kappa shape index (κ2) is 8.81. The molecule has 5 rings (SSSR count). The van der Waals surface area contributed by atoms with Crippen LogP contribution in [0.2, 0.25) is 0 Å². The topological polar surface area (TPSA) is 88.4 Å². The number of benzene rings is 3. The fourth-order valence-corrected chi connectivity index (χ4v) is 5.90. The molecule has 0 amide bonds. The maximum absolute atomic E-state index is 12.6. The number of nitrogens with one attached hydrogen (secondary N) is 1. The van der Waals surface area contributed by atoms with Gasteiger partial charge in [0.05, 0.1) is 4.90 Å². The first-order valence-electron chi connectivity index (χ1n) is 10.5. The van der Waals surface area contributed by atoms with Gasteiger partial charge in [0.1, 0.15) is 5.69 Å². The van der Waals surface area contributed by atoms with Crippen molar-refractivity contribution in [3.05, 3.63) is 108 Å². The number of aromatic nitrogens is 1. The van der Waals surface area contributed by atoms with Crippen molar-refractivity contribution in [3.63, 3.8) is 0 Å². The van der Waals surface area contributed by atoms with Crippen molar-refractivity contribution in [2.45, 2.75) is 11.4 Å². The molecule has 5 aromatic rings. The zero-order valence-corrected chi connectivity index (χ0v) is 19.5. The van der Waals surface area contributed by atoms with Crippen LogP contribution in [0.3, 0.4) is 0 Å². The van der Waals surface area contributed by atoms with Crippen LogP contribution in [0.15, 0.2) is 101 Å². The maximum Gasteiger partial charge on any atom is 0.353 e. The lowest BCUT2D eigenvalue weighted by molar-refractivity contribution is 0.0687. The minimum absolute atomic E-state index is 0.185. The molecule has 0 bridgehead atoms. The van der Waals surface area contributed by atoms with Crippen LogP contribution in [-0.2, 0) is 16.6 Å². The van der Waals surface area contributed by atoms with Gasteiger partial charge in [-0.25, -0.2) is 13.2 Å². The average Bonchev–Trinajstić information content (AvgIpc) is 3.47. The Morgan fingerprint density at radius 2 is 1.59 bits per heavy atom. The molecule has 0 aliphatic carbocycles. The summed E-state index contributed by atoms with van der Waals surface area (Å²) in [5, 5.41) is 12.9. The summed E-state index contributed by atoms with van der Waals surface area (Å²) in [6.07, 6.45) is 0. The van der Waals surface area contributed by atoms with Crippen LogP contribution in [0.25, 0.3) is 21.3 Å². The minimum atomic E-state index is -3.69. The van der Waals surface area contributed by atoms with Crippen molar-refractivity contribution in [1.29, 1.82) is 0 Å². The molecule has 2 heterocycles. The van der Waals surface area contributed by atoms with E-state index in [0.29, 0.717) is 17.8 Å². The Kier molecular flexibility index (Phi) is 5.69. The van der Waals surface area contributed by atoms with Crippen LogP contribution in [0.5, 0.6) is 0 Å². The number of hydrogen-bond donors (Lipinski definition) is 2. The lowest BCUT2D eigenvalue weighted by Crippen LogP contribution is -2.13. The first-order chi connectivity index (χ1) is 16.4. The summed E-state index contributed by atoms with van der Waals surface area (Å²) in [7, 11) is -3.69. The second-order valence-electron chi connectivity index (χ2n) is 7.72. The number of thiophene rings is 1. The smallest absolute Gasteiger partial charge is 0.353 e. The first kappa shape index (κ1) is 21.9. The molecule has 0 saturated heterocycles. The molecule has 170 valence electrons. The number of fused-ring (bicyclic) bond motifs is 1. The zero-order valence-electron chi connectivity index (χ0n) is 17.9. The highest BCUT2D eigenvalue weighted by Gasteiger charge is 2.24. The van der Waals surface area contributed by atoms with Gasteiger partial charge in [-0.05, 0) is 47.3 Å². The normalized spacial score (nSPS) is 11.5. The van der Waals surface area contributed by atoms with Crippen LogP contribution < -0.4 is 4.72 Å². The van der Waals surface area contributed by atoms with Gasteiger partial charge in [-0.15, -0.1) is 11.3 Å². The highest BCUT2D eigenvalue weighted by Crippen LogP contribution is 2.38. The molecule has 0 unspecified atom stereocenters. The molecule has 0 fully saturated rings. The number of carboxylic acid groups (broad SMARTS) is 1. The molecule has 0 saturated carbocycles. The second-order valence-corrected chi connectivity index (χ2v) is 10.4. The molecule has 0 aliphatic heterocycles. The monoisotopic (exact) mass is 488 g/mol. The summed E-state index contributed by atoms with van der Waals surface area (Å²) in [6.45, 7) is 0.333. The number of para-hydroxylation sites is 1. The van der Waals surface area contributed by atoms with Crippen molar-refractivity contribution in [2.75, 3.05) is 4.72 Å². The molecule has 0 atom stereocenters. The number of aromatic carboxylic acids is 1. The third-order valence-corrected chi connectivity index (χ3v) is 7.83. The SMILES string of the molecule is O=C(O)c1c(-c2cccs2)c2ccccc2n1Cc1ccc(NS(=O)(=O)c2ccccc2)cc1. The van der Waals surface area contributed by atoms with Crippen LogP contribution >= 0.6 is 11.3 Å². The van der Waals surface area contributed by atoms with E-state index in [1.165, 1.54) is 23.5 Å². The standard InChI is InChI=1S/C26H20N2O4S2/c29-26(30)25-24(23-11-6-16-33-23)21-9-4-5-10-22(21)28(25)17-18-12-14-19(15-13-18)27-34(31,32)20-7-2-1-3-8-20/h1-16,27H,17H2,(H,29,30). The van der Waals surface area contributed by atoms with Crippen LogP contribution in [-0.4, -0.2) is 24.1 Å². The van der Waals surface area contributed by atoms with E-state index in [1.807, 2.05) is 41.8 Å².